The fourth-order valence-electron chi connectivity index (χ4n) is 4.59. The van der Waals surface area contributed by atoms with Gasteiger partial charge in [0, 0.05) is 12.1 Å². The van der Waals surface area contributed by atoms with Crippen LogP contribution in [0.25, 0.3) is 0 Å². The molecular formula is C24H30N2O4S. The number of benzene rings is 2. The van der Waals surface area contributed by atoms with Crippen LogP contribution in [0.15, 0.2) is 53.4 Å². The summed E-state index contributed by atoms with van der Waals surface area (Å²) in [6, 6.07) is 13.2. The van der Waals surface area contributed by atoms with Crippen LogP contribution in [0.1, 0.15) is 60.9 Å². The van der Waals surface area contributed by atoms with Gasteiger partial charge in [0.15, 0.2) is 0 Å². The Labute approximate surface area is 184 Å². The maximum Gasteiger partial charge on any atom is 0.261 e. The molecule has 2 fully saturated rings. The summed E-state index contributed by atoms with van der Waals surface area (Å²) in [7, 11) is -3.72. The zero-order chi connectivity index (χ0) is 21.9. The van der Waals surface area contributed by atoms with Crippen LogP contribution < -0.4 is 10.0 Å². The SMILES string of the molecule is Cc1ccccc1NS(=O)(=O)c1ccc(C(=O)NCC2CCC3(CCCCC3)O2)cc1. The van der Waals surface area contributed by atoms with Crippen LogP contribution in [0.3, 0.4) is 0 Å². The second-order valence-electron chi connectivity index (χ2n) is 8.68. The average Bonchev–Trinajstić information content (AvgIpc) is 3.16. The van der Waals surface area contributed by atoms with Crippen LogP contribution in [-0.4, -0.2) is 32.6 Å². The number of sulfonamides is 1. The van der Waals surface area contributed by atoms with Gasteiger partial charge in [0.1, 0.15) is 0 Å². The molecule has 166 valence electrons. The molecule has 1 spiro atoms. The van der Waals surface area contributed by atoms with Crippen LogP contribution >= 0.6 is 0 Å². The zero-order valence-corrected chi connectivity index (χ0v) is 18.7. The van der Waals surface area contributed by atoms with Crippen molar-refractivity contribution in [2.24, 2.45) is 0 Å². The maximum absolute atomic E-state index is 12.7. The van der Waals surface area contributed by atoms with E-state index >= 15 is 0 Å². The third-order valence-corrected chi connectivity index (χ3v) is 7.79. The summed E-state index contributed by atoms with van der Waals surface area (Å²) >= 11 is 0. The molecule has 1 aliphatic carbocycles. The topological polar surface area (TPSA) is 84.5 Å². The Kier molecular flexibility index (Phi) is 6.34. The Morgan fingerprint density at radius 3 is 2.45 bits per heavy atom. The van der Waals surface area contributed by atoms with Crippen molar-refractivity contribution in [2.75, 3.05) is 11.3 Å². The Morgan fingerprint density at radius 2 is 1.74 bits per heavy atom. The van der Waals surface area contributed by atoms with Crippen molar-refractivity contribution in [3.63, 3.8) is 0 Å². The van der Waals surface area contributed by atoms with Gasteiger partial charge < -0.3 is 10.1 Å². The van der Waals surface area contributed by atoms with Crippen molar-refractivity contribution in [3.05, 3.63) is 59.7 Å². The highest BCUT2D eigenvalue weighted by atomic mass is 32.2. The number of hydrogen-bond acceptors (Lipinski definition) is 4. The monoisotopic (exact) mass is 442 g/mol. The standard InChI is InChI=1S/C24H30N2O4S/c1-18-7-3-4-8-22(18)26-31(28,29)21-11-9-19(10-12-21)23(27)25-17-20-13-16-24(30-20)14-5-2-6-15-24/h3-4,7-12,20,26H,2,5-6,13-17H2,1H3,(H,25,27). The predicted molar refractivity (Wildman–Crippen MR) is 121 cm³/mol. The normalized spacial score (nSPS) is 20.5. The van der Waals surface area contributed by atoms with E-state index in [1.807, 2.05) is 19.1 Å². The Balaban J connectivity index is 1.33. The van der Waals surface area contributed by atoms with Gasteiger partial charge in [0.05, 0.1) is 22.3 Å². The van der Waals surface area contributed by atoms with Gasteiger partial charge in [0.25, 0.3) is 15.9 Å². The summed E-state index contributed by atoms with van der Waals surface area (Å²) in [5, 5.41) is 2.94. The fraction of sp³-hybridized carbons (Fsp3) is 0.458. The molecule has 6 nitrogen and oxygen atoms in total. The number of aryl methyl sites for hydroxylation is 1. The predicted octanol–water partition coefficient (Wildman–Crippen LogP) is 4.41. The van der Waals surface area contributed by atoms with Crippen LogP contribution in [0, 0.1) is 6.92 Å². The molecular weight excluding hydrogens is 412 g/mol. The number of carbonyl (C=O) groups is 1. The van der Waals surface area contributed by atoms with E-state index < -0.39 is 10.0 Å². The second kappa shape index (κ2) is 9.01. The summed E-state index contributed by atoms with van der Waals surface area (Å²) < 4.78 is 34.2. The van der Waals surface area contributed by atoms with Gasteiger partial charge in [-0.05, 0) is 68.5 Å². The first-order valence-electron chi connectivity index (χ1n) is 11.0. The third kappa shape index (κ3) is 5.10. The molecule has 1 unspecified atom stereocenters. The maximum atomic E-state index is 12.7. The molecule has 2 aromatic rings. The van der Waals surface area contributed by atoms with Crippen molar-refractivity contribution in [3.8, 4) is 0 Å². The van der Waals surface area contributed by atoms with E-state index in [1.165, 1.54) is 31.4 Å². The van der Waals surface area contributed by atoms with Gasteiger partial charge in [-0.3, -0.25) is 9.52 Å². The molecule has 2 N–H and O–H groups in total. The Morgan fingerprint density at radius 1 is 1.03 bits per heavy atom. The number of nitrogens with one attached hydrogen (secondary N) is 2. The largest absolute Gasteiger partial charge is 0.370 e. The van der Waals surface area contributed by atoms with Crippen molar-refractivity contribution < 1.29 is 17.9 Å². The first-order valence-corrected chi connectivity index (χ1v) is 12.5. The highest BCUT2D eigenvalue weighted by Crippen LogP contribution is 2.41. The number of amides is 1. The first kappa shape index (κ1) is 21.8. The number of para-hydroxylation sites is 1. The number of rotatable bonds is 6. The van der Waals surface area contributed by atoms with E-state index in [0.717, 1.165) is 31.2 Å². The molecule has 7 heteroatoms. The summed E-state index contributed by atoms with van der Waals surface area (Å²) in [5.41, 5.74) is 1.84. The molecule has 1 atom stereocenters. The highest BCUT2D eigenvalue weighted by molar-refractivity contribution is 7.92. The molecule has 1 heterocycles. The Bertz CT molecular complexity index is 1030. The van der Waals surface area contributed by atoms with E-state index in [1.54, 1.807) is 24.3 Å². The lowest BCUT2D eigenvalue weighted by Crippen LogP contribution is -2.36. The lowest BCUT2D eigenvalue weighted by molar-refractivity contribution is -0.0618. The summed E-state index contributed by atoms with van der Waals surface area (Å²) in [6.07, 6.45) is 8.11. The molecule has 0 aromatic heterocycles. The third-order valence-electron chi connectivity index (χ3n) is 6.41. The van der Waals surface area contributed by atoms with Gasteiger partial charge in [-0.1, -0.05) is 37.5 Å². The van der Waals surface area contributed by atoms with E-state index in [0.29, 0.717) is 17.8 Å². The van der Waals surface area contributed by atoms with Crippen LogP contribution in [0.5, 0.6) is 0 Å². The lowest BCUT2D eigenvalue weighted by Gasteiger charge is -2.33. The molecule has 1 amide bonds. The molecule has 31 heavy (non-hydrogen) atoms. The molecule has 2 aromatic carbocycles. The van der Waals surface area contributed by atoms with E-state index in [9.17, 15) is 13.2 Å². The molecule has 0 bridgehead atoms. The molecule has 1 saturated carbocycles. The van der Waals surface area contributed by atoms with Crippen molar-refractivity contribution in [1.82, 2.24) is 5.32 Å². The van der Waals surface area contributed by atoms with Crippen molar-refractivity contribution in [2.45, 2.75) is 68.5 Å². The summed E-state index contributed by atoms with van der Waals surface area (Å²) in [6.45, 7) is 2.32. The van der Waals surface area contributed by atoms with Gasteiger partial charge in [-0.15, -0.1) is 0 Å². The minimum absolute atomic E-state index is 0.0355. The lowest BCUT2D eigenvalue weighted by atomic mass is 9.83. The van der Waals surface area contributed by atoms with E-state index in [4.69, 9.17) is 4.74 Å². The number of ether oxygens (including phenoxy) is 1. The zero-order valence-electron chi connectivity index (χ0n) is 17.9. The van der Waals surface area contributed by atoms with Crippen LogP contribution in [-0.2, 0) is 14.8 Å². The van der Waals surface area contributed by atoms with E-state index in [-0.39, 0.29) is 22.5 Å². The molecule has 1 aliphatic heterocycles. The van der Waals surface area contributed by atoms with Gasteiger partial charge in [0.2, 0.25) is 0 Å². The molecule has 2 aliphatic rings. The minimum atomic E-state index is -3.72. The molecule has 0 radical (unpaired) electrons. The van der Waals surface area contributed by atoms with Gasteiger partial charge >= 0.3 is 0 Å². The highest BCUT2D eigenvalue weighted by Gasteiger charge is 2.40. The Hall–Kier alpha value is -2.38. The summed E-state index contributed by atoms with van der Waals surface area (Å²) in [5.74, 6) is -0.219. The van der Waals surface area contributed by atoms with Crippen molar-refractivity contribution >= 4 is 21.6 Å². The fourth-order valence-corrected chi connectivity index (χ4v) is 5.72. The van der Waals surface area contributed by atoms with E-state index in [2.05, 4.69) is 10.0 Å². The number of anilines is 1. The smallest absolute Gasteiger partial charge is 0.261 e. The summed E-state index contributed by atoms with van der Waals surface area (Å²) in [4.78, 5) is 12.7. The first-order chi connectivity index (χ1) is 14.9. The quantitative estimate of drug-likeness (QED) is 0.694. The van der Waals surface area contributed by atoms with Gasteiger partial charge in [-0.2, -0.15) is 0 Å². The van der Waals surface area contributed by atoms with Crippen LogP contribution in [0.4, 0.5) is 5.69 Å². The number of hydrogen-bond donors (Lipinski definition) is 2. The molecule has 1 saturated heterocycles. The molecule has 4 rings (SSSR count). The van der Waals surface area contributed by atoms with Crippen molar-refractivity contribution in [1.29, 1.82) is 0 Å². The second-order valence-corrected chi connectivity index (χ2v) is 10.4. The van der Waals surface area contributed by atoms with Crippen LogP contribution in [0.2, 0.25) is 0 Å². The number of carbonyl (C=O) groups excluding carboxylic acids is 1. The average molecular weight is 443 g/mol. The minimum Gasteiger partial charge on any atom is -0.370 e. The van der Waals surface area contributed by atoms with Gasteiger partial charge in [-0.25, -0.2) is 8.42 Å².